The minimum Gasteiger partial charge on any atom is -0.370 e. The van der Waals surface area contributed by atoms with Gasteiger partial charge in [0.05, 0.1) is 18.2 Å². The van der Waals surface area contributed by atoms with Gasteiger partial charge >= 0.3 is 0 Å². The van der Waals surface area contributed by atoms with Crippen molar-refractivity contribution in [2.75, 3.05) is 6.54 Å². The van der Waals surface area contributed by atoms with Crippen molar-refractivity contribution in [1.82, 2.24) is 15.6 Å². The molecule has 176 valence electrons. The molecule has 34 heavy (non-hydrogen) atoms. The second-order valence-electron chi connectivity index (χ2n) is 7.80. The third kappa shape index (κ3) is 7.44. The van der Waals surface area contributed by atoms with Crippen LogP contribution in [0, 0.1) is 0 Å². The number of pyridine rings is 1. The Morgan fingerprint density at radius 2 is 1.47 bits per heavy atom. The van der Waals surface area contributed by atoms with Gasteiger partial charge in [0.15, 0.2) is 5.96 Å². The van der Waals surface area contributed by atoms with Crippen molar-refractivity contribution < 1.29 is 9.59 Å². The van der Waals surface area contributed by atoms with E-state index in [0.29, 0.717) is 19.4 Å². The molecule has 0 fully saturated rings. The molecule has 8 nitrogen and oxygen atoms in total. The van der Waals surface area contributed by atoms with E-state index in [1.54, 1.807) is 6.20 Å². The molecule has 0 aliphatic carbocycles. The SMILES string of the molecule is NC(N)=NCCCC(NC(=O)C(c1ccccc1)c1ccccc1)C(=O)NCc1ccccn1. The number of rotatable bonds is 11. The zero-order valence-electron chi connectivity index (χ0n) is 18.9. The quantitative estimate of drug-likeness (QED) is 0.198. The van der Waals surface area contributed by atoms with Crippen molar-refractivity contribution in [3.05, 3.63) is 102 Å². The van der Waals surface area contributed by atoms with Gasteiger partial charge in [-0.25, -0.2) is 0 Å². The number of hydrogen-bond donors (Lipinski definition) is 4. The van der Waals surface area contributed by atoms with Gasteiger partial charge in [0.25, 0.3) is 0 Å². The zero-order valence-corrected chi connectivity index (χ0v) is 18.9. The highest BCUT2D eigenvalue weighted by atomic mass is 16.2. The Morgan fingerprint density at radius 1 is 0.853 bits per heavy atom. The first-order valence-corrected chi connectivity index (χ1v) is 11.2. The first-order valence-electron chi connectivity index (χ1n) is 11.2. The van der Waals surface area contributed by atoms with Gasteiger partial charge in [-0.15, -0.1) is 0 Å². The van der Waals surface area contributed by atoms with Gasteiger partial charge in [-0.2, -0.15) is 0 Å². The molecule has 3 rings (SSSR count). The van der Waals surface area contributed by atoms with Gasteiger partial charge < -0.3 is 22.1 Å². The Labute approximate surface area is 199 Å². The van der Waals surface area contributed by atoms with E-state index in [4.69, 9.17) is 11.5 Å². The van der Waals surface area contributed by atoms with Crippen LogP contribution in [0.4, 0.5) is 0 Å². The summed E-state index contributed by atoms with van der Waals surface area (Å²) in [6, 6.07) is 23.8. The Hall–Kier alpha value is -4.20. The summed E-state index contributed by atoms with van der Waals surface area (Å²) in [5, 5.41) is 5.83. The van der Waals surface area contributed by atoms with Crippen LogP contribution >= 0.6 is 0 Å². The van der Waals surface area contributed by atoms with Crippen LogP contribution in [-0.2, 0) is 16.1 Å². The fourth-order valence-electron chi connectivity index (χ4n) is 3.62. The number of nitrogens with zero attached hydrogens (tertiary/aromatic N) is 2. The monoisotopic (exact) mass is 458 g/mol. The van der Waals surface area contributed by atoms with Crippen molar-refractivity contribution >= 4 is 17.8 Å². The topological polar surface area (TPSA) is 135 Å². The molecule has 8 heteroatoms. The van der Waals surface area contributed by atoms with Crippen LogP contribution in [0.15, 0.2) is 90.1 Å². The van der Waals surface area contributed by atoms with Gasteiger partial charge in [0, 0.05) is 12.7 Å². The van der Waals surface area contributed by atoms with E-state index in [-0.39, 0.29) is 24.3 Å². The van der Waals surface area contributed by atoms with E-state index in [0.717, 1.165) is 16.8 Å². The number of carbonyl (C=O) groups excluding carboxylic acids is 2. The summed E-state index contributed by atoms with van der Waals surface area (Å²) >= 11 is 0. The Bertz CT molecular complexity index is 1030. The molecule has 0 saturated heterocycles. The predicted molar refractivity (Wildman–Crippen MR) is 133 cm³/mol. The van der Waals surface area contributed by atoms with Crippen LogP contribution in [0.25, 0.3) is 0 Å². The van der Waals surface area contributed by atoms with Gasteiger partial charge in [-0.05, 0) is 36.1 Å². The third-order valence-electron chi connectivity index (χ3n) is 5.28. The molecular weight excluding hydrogens is 428 g/mol. The van der Waals surface area contributed by atoms with Crippen molar-refractivity contribution in [2.45, 2.75) is 31.3 Å². The molecule has 0 spiro atoms. The summed E-state index contributed by atoms with van der Waals surface area (Å²) < 4.78 is 0. The molecule has 0 aliphatic rings. The smallest absolute Gasteiger partial charge is 0.242 e. The van der Waals surface area contributed by atoms with Gasteiger partial charge in [-0.3, -0.25) is 19.6 Å². The predicted octanol–water partition coefficient (Wildman–Crippen LogP) is 2.07. The molecule has 6 N–H and O–H groups in total. The first-order chi connectivity index (χ1) is 16.5. The van der Waals surface area contributed by atoms with Gasteiger partial charge in [0.1, 0.15) is 6.04 Å². The fraction of sp³-hybridized carbons (Fsp3) is 0.231. The highest BCUT2D eigenvalue weighted by Gasteiger charge is 2.27. The molecule has 1 aromatic heterocycles. The summed E-state index contributed by atoms with van der Waals surface area (Å²) in [6.45, 7) is 0.629. The van der Waals surface area contributed by atoms with Crippen LogP contribution in [0.2, 0.25) is 0 Å². The minimum atomic E-state index is -0.750. The maximum atomic E-state index is 13.5. The number of nitrogens with two attached hydrogens (primary N) is 2. The molecule has 0 radical (unpaired) electrons. The lowest BCUT2D eigenvalue weighted by atomic mass is 9.90. The van der Waals surface area contributed by atoms with E-state index in [1.165, 1.54) is 0 Å². The lowest BCUT2D eigenvalue weighted by molar-refractivity contribution is -0.129. The molecule has 1 unspecified atom stereocenters. The van der Waals surface area contributed by atoms with Crippen LogP contribution in [0.1, 0.15) is 35.6 Å². The van der Waals surface area contributed by atoms with E-state index in [2.05, 4.69) is 20.6 Å². The normalized spacial score (nSPS) is 11.4. The number of aliphatic imine (C=N–C) groups is 1. The van der Waals surface area contributed by atoms with Crippen LogP contribution in [0.3, 0.4) is 0 Å². The minimum absolute atomic E-state index is 0.00610. The molecule has 1 heterocycles. The molecule has 0 saturated carbocycles. The summed E-state index contributed by atoms with van der Waals surface area (Å²) in [5.41, 5.74) is 13.2. The molecule has 3 aromatic rings. The highest BCUT2D eigenvalue weighted by molar-refractivity contribution is 5.92. The van der Waals surface area contributed by atoms with Crippen molar-refractivity contribution in [3.63, 3.8) is 0 Å². The average molecular weight is 459 g/mol. The fourth-order valence-corrected chi connectivity index (χ4v) is 3.62. The standard InChI is InChI=1S/C26H30N6O2/c27-26(28)30-17-9-15-22(24(33)31-18-21-14-7-8-16-29-21)32-25(34)23(19-10-3-1-4-11-19)20-12-5-2-6-13-20/h1-8,10-14,16,22-23H,9,15,17-18H2,(H,31,33)(H,32,34)(H4,27,28,30). The number of carbonyl (C=O) groups is 2. The van der Waals surface area contributed by atoms with Gasteiger partial charge in [0.2, 0.25) is 11.8 Å². The van der Waals surface area contributed by atoms with Gasteiger partial charge in [-0.1, -0.05) is 66.7 Å². The second-order valence-corrected chi connectivity index (χ2v) is 7.80. The number of aromatic nitrogens is 1. The van der Waals surface area contributed by atoms with E-state index >= 15 is 0 Å². The van der Waals surface area contributed by atoms with Crippen LogP contribution < -0.4 is 22.1 Å². The molecule has 1 atom stereocenters. The van der Waals surface area contributed by atoms with E-state index in [9.17, 15) is 9.59 Å². The number of guanidine groups is 1. The lowest BCUT2D eigenvalue weighted by Crippen LogP contribution is -2.48. The number of benzene rings is 2. The molecule has 0 aliphatic heterocycles. The second kappa shape index (κ2) is 12.7. The molecule has 2 aromatic carbocycles. The maximum absolute atomic E-state index is 13.5. The summed E-state index contributed by atoms with van der Waals surface area (Å²) in [4.78, 5) is 34.7. The van der Waals surface area contributed by atoms with Crippen molar-refractivity contribution in [1.29, 1.82) is 0 Å². The van der Waals surface area contributed by atoms with Crippen molar-refractivity contribution in [2.24, 2.45) is 16.5 Å². The molecule has 0 bridgehead atoms. The zero-order chi connectivity index (χ0) is 24.2. The number of amides is 2. The largest absolute Gasteiger partial charge is 0.370 e. The van der Waals surface area contributed by atoms with Crippen LogP contribution in [-0.4, -0.2) is 35.3 Å². The average Bonchev–Trinajstić information content (AvgIpc) is 2.86. The third-order valence-corrected chi connectivity index (χ3v) is 5.28. The van der Waals surface area contributed by atoms with Crippen LogP contribution in [0.5, 0.6) is 0 Å². The number of hydrogen-bond acceptors (Lipinski definition) is 4. The molecular formula is C26H30N6O2. The Kier molecular flexibility index (Phi) is 9.16. The van der Waals surface area contributed by atoms with E-state index < -0.39 is 12.0 Å². The highest BCUT2D eigenvalue weighted by Crippen LogP contribution is 2.25. The number of nitrogens with one attached hydrogen (secondary N) is 2. The first kappa shape index (κ1) is 24.4. The van der Waals surface area contributed by atoms with Crippen molar-refractivity contribution in [3.8, 4) is 0 Å². The maximum Gasteiger partial charge on any atom is 0.242 e. The Morgan fingerprint density at radius 3 is 2.03 bits per heavy atom. The van der Waals surface area contributed by atoms with E-state index in [1.807, 2.05) is 78.9 Å². The Balaban J connectivity index is 1.77. The lowest BCUT2D eigenvalue weighted by Gasteiger charge is -2.23. The molecule has 2 amide bonds. The summed E-state index contributed by atoms with van der Waals surface area (Å²) in [6.07, 6.45) is 2.58. The summed E-state index contributed by atoms with van der Waals surface area (Å²) in [5.74, 6) is -1.10. The summed E-state index contributed by atoms with van der Waals surface area (Å²) in [7, 11) is 0.